The molecule has 0 aromatic heterocycles. The molecule has 0 atom stereocenters. The molecule has 0 spiro atoms. The van der Waals surface area contributed by atoms with Crippen LogP contribution in [0, 0.1) is 0 Å². The first-order valence-electron chi connectivity index (χ1n) is 7.28. The number of carbonyl (C=O) groups is 1. The van der Waals surface area contributed by atoms with Gasteiger partial charge in [0.2, 0.25) is 5.91 Å². The number of carbonyl (C=O) groups excluding carboxylic acids is 1. The Bertz CT molecular complexity index is 739. The lowest BCUT2D eigenvalue weighted by atomic mass is 10.2. The monoisotopic (exact) mass is 343 g/mol. The molecule has 2 rings (SSSR count). The second kappa shape index (κ2) is 8.79. The van der Waals surface area contributed by atoms with Crippen molar-refractivity contribution in [2.75, 3.05) is 19.0 Å². The Morgan fingerprint density at radius 1 is 1.25 bits per heavy atom. The van der Waals surface area contributed by atoms with E-state index in [0.717, 1.165) is 11.3 Å². The molecule has 0 saturated carbocycles. The molecule has 0 aliphatic heterocycles. The number of ether oxygens (including phenoxy) is 2. The zero-order valence-electron chi connectivity index (χ0n) is 13.3. The largest absolute Gasteiger partial charge is 0.495 e. The molecule has 1 amide bonds. The Morgan fingerprint density at radius 3 is 2.62 bits per heavy atom. The molecule has 5 heteroatoms. The summed E-state index contributed by atoms with van der Waals surface area (Å²) in [5.74, 6) is 1.07. The summed E-state index contributed by atoms with van der Waals surface area (Å²) in [4.78, 5) is 12.0. The van der Waals surface area contributed by atoms with Crippen LogP contribution in [0.1, 0.15) is 5.56 Å². The normalized spacial score (nSPS) is 10.4. The molecule has 0 unspecified atom stereocenters. The minimum absolute atomic E-state index is 0.247. The fourth-order valence-corrected chi connectivity index (χ4v) is 2.19. The maximum atomic E-state index is 12.0. The number of anilines is 1. The van der Waals surface area contributed by atoms with Gasteiger partial charge in [-0.25, -0.2) is 0 Å². The minimum Gasteiger partial charge on any atom is -0.495 e. The van der Waals surface area contributed by atoms with Gasteiger partial charge in [0.25, 0.3) is 0 Å². The standard InChI is InChI=1S/C19H18ClNO3/c1-3-12-24-16-8-4-14(5-9-16)6-11-19(22)21-15-7-10-18(23-2)17(20)13-15/h3-11,13H,1,12H2,2H3,(H,21,22)/b11-6+. The van der Waals surface area contributed by atoms with Crippen LogP contribution in [-0.4, -0.2) is 19.6 Å². The third-order valence-electron chi connectivity index (χ3n) is 3.09. The number of benzene rings is 2. The van der Waals surface area contributed by atoms with Gasteiger partial charge in [-0.2, -0.15) is 0 Å². The number of hydrogen-bond acceptors (Lipinski definition) is 3. The van der Waals surface area contributed by atoms with E-state index < -0.39 is 0 Å². The zero-order valence-corrected chi connectivity index (χ0v) is 14.0. The highest BCUT2D eigenvalue weighted by Crippen LogP contribution is 2.27. The molecule has 2 aromatic rings. The van der Waals surface area contributed by atoms with Crippen LogP contribution in [0.15, 0.2) is 61.2 Å². The first-order chi connectivity index (χ1) is 11.6. The van der Waals surface area contributed by atoms with Crippen molar-refractivity contribution in [2.24, 2.45) is 0 Å². The van der Waals surface area contributed by atoms with Gasteiger partial charge in [-0.1, -0.05) is 36.4 Å². The molecule has 0 aliphatic rings. The SMILES string of the molecule is C=CCOc1ccc(/C=C/C(=O)Nc2ccc(OC)c(Cl)c2)cc1. The minimum atomic E-state index is -0.247. The molecule has 24 heavy (non-hydrogen) atoms. The van der Waals surface area contributed by atoms with Gasteiger partial charge in [-0.05, 0) is 42.0 Å². The third-order valence-corrected chi connectivity index (χ3v) is 3.39. The summed E-state index contributed by atoms with van der Waals surface area (Å²) in [6.45, 7) is 4.06. The summed E-state index contributed by atoms with van der Waals surface area (Å²) in [7, 11) is 1.54. The number of halogens is 1. The molecule has 124 valence electrons. The van der Waals surface area contributed by atoms with Gasteiger partial charge in [0.15, 0.2) is 0 Å². The van der Waals surface area contributed by atoms with Crippen LogP contribution in [0.25, 0.3) is 6.08 Å². The fraction of sp³-hybridized carbons (Fsp3) is 0.105. The number of rotatable bonds is 7. The van der Waals surface area contributed by atoms with Gasteiger partial charge < -0.3 is 14.8 Å². The van der Waals surface area contributed by atoms with Crippen molar-refractivity contribution in [1.29, 1.82) is 0 Å². The van der Waals surface area contributed by atoms with E-state index in [0.29, 0.717) is 23.1 Å². The first-order valence-corrected chi connectivity index (χ1v) is 7.66. The predicted octanol–water partition coefficient (Wildman–Crippen LogP) is 4.57. The van der Waals surface area contributed by atoms with E-state index in [1.54, 1.807) is 30.4 Å². The van der Waals surface area contributed by atoms with Crippen molar-refractivity contribution in [3.05, 3.63) is 71.8 Å². The molecule has 0 radical (unpaired) electrons. The smallest absolute Gasteiger partial charge is 0.248 e. The lowest BCUT2D eigenvalue weighted by molar-refractivity contribution is -0.111. The van der Waals surface area contributed by atoms with Gasteiger partial charge >= 0.3 is 0 Å². The summed E-state index contributed by atoms with van der Waals surface area (Å²) in [5.41, 5.74) is 1.49. The van der Waals surface area contributed by atoms with Crippen molar-refractivity contribution in [3.8, 4) is 11.5 Å². The van der Waals surface area contributed by atoms with Crippen LogP contribution in [0.4, 0.5) is 5.69 Å². The van der Waals surface area contributed by atoms with E-state index in [1.165, 1.54) is 13.2 Å². The van der Waals surface area contributed by atoms with E-state index >= 15 is 0 Å². The Hall–Kier alpha value is -2.72. The topological polar surface area (TPSA) is 47.6 Å². The molecular weight excluding hydrogens is 326 g/mol. The highest BCUT2D eigenvalue weighted by molar-refractivity contribution is 6.32. The van der Waals surface area contributed by atoms with Crippen LogP contribution in [-0.2, 0) is 4.79 Å². The molecule has 2 aromatic carbocycles. The Labute approximate surface area is 146 Å². The molecule has 1 N–H and O–H groups in total. The number of hydrogen-bond donors (Lipinski definition) is 1. The van der Waals surface area contributed by atoms with E-state index in [1.807, 2.05) is 24.3 Å². The Morgan fingerprint density at radius 2 is 2.00 bits per heavy atom. The van der Waals surface area contributed by atoms with E-state index in [9.17, 15) is 4.79 Å². The maximum Gasteiger partial charge on any atom is 0.248 e. The van der Waals surface area contributed by atoms with Gasteiger partial charge in [0.1, 0.15) is 18.1 Å². The summed E-state index contributed by atoms with van der Waals surface area (Å²) < 4.78 is 10.5. The van der Waals surface area contributed by atoms with E-state index in [4.69, 9.17) is 21.1 Å². The van der Waals surface area contributed by atoms with Crippen molar-refractivity contribution >= 4 is 29.3 Å². The lowest BCUT2D eigenvalue weighted by Crippen LogP contribution is -2.07. The Balaban J connectivity index is 1.95. The zero-order chi connectivity index (χ0) is 17.4. The van der Waals surface area contributed by atoms with E-state index in [2.05, 4.69) is 11.9 Å². The van der Waals surface area contributed by atoms with Crippen LogP contribution in [0.2, 0.25) is 5.02 Å². The van der Waals surface area contributed by atoms with E-state index in [-0.39, 0.29) is 5.91 Å². The van der Waals surface area contributed by atoms with Gasteiger partial charge in [0, 0.05) is 11.8 Å². The second-order valence-corrected chi connectivity index (χ2v) is 5.25. The summed E-state index contributed by atoms with van der Waals surface area (Å²) in [6.07, 6.45) is 4.86. The average molecular weight is 344 g/mol. The Kier molecular flexibility index (Phi) is 6.46. The van der Waals surface area contributed by atoms with Gasteiger partial charge in [-0.3, -0.25) is 4.79 Å². The van der Waals surface area contributed by atoms with Crippen molar-refractivity contribution in [3.63, 3.8) is 0 Å². The van der Waals surface area contributed by atoms with Gasteiger partial charge in [-0.15, -0.1) is 0 Å². The number of nitrogens with one attached hydrogen (secondary N) is 1. The van der Waals surface area contributed by atoms with Crippen LogP contribution in [0.3, 0.4) is 0 Å². The second-order valence-electron chi connectivity index (χ2n) is 4.84. The summed E-state index contributed by atoms with van der Waals surface area (Å²) >= 11 is 6.02. The molecule has 0 aliphatic carbocycles. The predicted molar refractivity (Wildman–Crippen MR) is 97.8 cm³/mol. The molecule has 4 nitrogen and oxygen atoms in total. The summed E-state index contributed by atoms with van der Waals surface area (Å²) in [6, 6.07) is 12.5. The highest BCUT2D eigenvalue weighted by atomic mass is 35.5. The van der Waals surface area contributed by atoms with Crippen LogP contribution in [0.5, 0.6) is 11.5 Å². The van der Waals surface area contributed by atoms with Crippen LogP contribution >= 0.6 is 11.6 Å². The van der Waals surface area contributed by atoms with Crippen molar-refractivity contribution in [1.82, 2.24) is 0 Å². The first kappa shape index (κ1) is 17.6. The molecular formula is C19H18ClNO3. The average Bonchev–Trinajstić information content (AvgIpc) is 2.59. The van der Waals surface area contributed by atoms with Gasteiger partial charge in [0.05, 0.1) is 12.1 Å². The highest BCUT2D eigenvalue weighted by Gasteiger charge is 2.03. The van der Waals surface area contributed by atoms with Crippen molar-refractivity contribution in [2.45, 2.75) is 0 Å². The number of methoxy groups -OCH3 is 1. The molecule has 0 saturated heterocycles. The number of amides is 1. The molecule has 0 heterocycles. The van der Waals surface area contributed by atoms with Crippen LogP contribution < -0.4 is 14.8 Å². The quantitative estimate of drug-likeness (QED) is 0.592. The maximum absolute atomic E-state index is 12.0. The third kappa shape index (κ3) is 5.18. The van der Waals surface area contributed by atoms with Crippen molar-refractivity contribution < 1.29 is 14.3 Å². The fourth-order valence-electron chi connectivity index (χ4n) is 1.93. The molecule has 0 fully saturated rings. The summed E-state index contributed by atoms with van der Waals surface area (Å²) in [5, 5.41) is 3.18. The lowest BCUT2D eigenvalue weighted by Gasteiger charge is -2.06. The molecule has 0 bridgehead atoms.